The highest BCUT2D eigenvalue weighted by atomic mass is 32.2. The third-order valence-corrected chi connectivity index (χ3v) is 6.61. The number of hydrogen-bond acceptors (Lipinski definition) is 8. The van der Waals surface area contributed by atoms with Crippen molar-refractivity contribution in [3.05, 3.63) is 53.6 Å². The predicted molar refractivity (Wildman–Crippen MR) is 110 cm³/mol. The summed E-state index contributed by atoms with van der Waals surface area (Å²) in [6, 6.07) is 10.2. The lowest BCUT2D eigenvalue weighted by Gasteiger charge is -2.26. The standard InChI is InChI=1S/C21H23NO8S/c1-27-19-7-6-15(13-20(19)28-2)18(23)14-30-21(24)16-4-3-5-17(12-16)31(25,26)22-8-10-29-11-9-22/h3-7,12-13H,8-11,14H2,1-2H3. The van der Waals surface area contributed by atoms with Crippen LogP contribution >= 0.6 is 0 Å². The molecule has 0 atom stereocenters. The number of nitrogens with zero attached hydrogens (tertiary/aromatic N) is 1. The summed E-state index contributed by atoms with van der Waals surface area (Å²) in [5.74, 6) is -0.394. The van der Waals surface area contributed by atoms with Gasteiger partial charge in [-0.25, -0.2) is 13.2 Å². The first-order valence-electron chi connectivity index (χ1n) is 9.47. The van der Waals surface area contributed by atoms with Crippen LogP contribution < -0.4 is 9.47 Å². The summed E-state index contributed by atoms with van der Waals surface area (Å²) in [5.41, 5.74) is 0.323. The van der Waals surface area contributed by atoms with Crippen molar-refractivity contribution in [1.82, 2.24) is 4.31 Å². The lowest BCUT2D eigenvalue weighted by molar-refractivity contribution is 0.0474. The van der Waals surface area contributed by atoms with Crippen molar-refractivity contribution in [2.45, 2.75) is 4.90 Å². The van der Waals surface area contributed by atoms with E-state index in [4.69, 9.17) is 18.9 Å². The van der Waals surface area contributed by atoms with Gasteiger partial charge >= 0.3 is 5.97 Å². The molecule has 0 spiro atoms. The zero-order valence-corrected chi connectivity index (χ0v) is 18.0. The van der Waals surface area contributed by atoms with Gasteiger partial charge in [-0.3, -0.25) is 4.79 Å². The molecule has 10 heteroatoms. The molecule has 1 fully saturated rings. The molecule has 9 nitrogen and oxygen atoms in total. The minimum absolute atomic E-state index is 0.0185. The molecule has 0 amide bonds. The number of benzene rings is 2. The number of esters is 1. The van der Waals surface area contributed by atoms with E-state index in [1.165, 1.54) is 54.9 Å². The molecule has 0 aromatic heterocycles. The molecule has 2 aromatic carbocycles. The highest BCUT2D eigenvalue weighted by Gasteiger charge is 2.27. The Morgan fingerprint density at radius 1 is 0.968 bits per heavy atom. The number of ketones is 1. The van der Waals surface area contributed by atoms with E-state index in [-0.39, 0.29) is 29.1 Å². The molecule has 1 aliphatic rings. The second-order valence-electron chi connectivity index (χ2n) is 6.61. The van der Waals surface area contributed by atoms with Crippen LogP contribution in [0.1, 0.15) is 20.7 Å². The number of carbonyl (C=O) groups excluding carboxylic acids is 2. The Morgan fingerprint density at radius 3 is 2.35 bits per heavy atom. The summed E-state index contributed by atoms with van der Waals surface area (Å²) in [5, 5.41) is 0. The number of rotatable bonds is 8. The molecule has 1 aliphatic heterocycles. The molecule has 0 N–H and O–H groups in total. The molecular weight excluding hydrogens is 426 g/mol. The summed E-state index contributed by atoms with van der Waals surface area (Å²) in [7, 11) is -0.825. The Kier molecular flexibility index (Phi) is 7.26. The first kappa shape index (κ1) is 22.7. The van der Waals surface area contributed by atoms with Crippen molar-refractivity contribution in [3.63, 3.8) is 0 Å². The van der Waals surface area contributed by atoms with E-state index in [1.807, 2.05) is 0 Å². The van der Waals surface area contributed by atoms with Crippen LogP contribution in [0.2, 0.25) is 0 Å². The molecule has 166 valence electrons. The molecule has 0 unspecified atom stereocenters. The fourth-order valence-corrected chi connectivity index (χ4v) is 4.48. The number of ether oxygens (including phenoxy) is 4. The number of carbonyl (C=O) groups is 2. The summed E-state index contributed by atoms with van der Waals surface area (Å²) < 4.78 is 47.4. The molecule has 3 rings (SSSR count). The van der Waals surface area contributed by atoms with Gasteiger partial charge in [0.1, 0.15) is 0 Å². The quantitative estimate of drug-likeness (QED) is 0.443. The molecule has 1 saturated heterocycles. The van der Waals surface area contributed by atoms with E-state index >= 15 is 0 Å². The first-order chi connectivity index (χ1) is 14.9. The number of Topliss-reactive ketones (excluding diaryl/α,β-unsaturated/α-hetero) is 1. The van der Waals surface area contributed by atoms with Gasteiger partial charge in [-0.05, 0) is 36.4 Å². The van der Waals surface area contributed by atoms with E-state index in [1.54, 1.807) is 6.07 Å². The Hall–Kier alpha value is -2.95. The largest absolute Gasteiger partial charge is 0.493 e. The average molecular weight is 449 g/mol. The van der Waals surface area contributed by atoms with Gasteiger partial charge in [0, 0.05) is 18.7 Å². The lowest BCUT2D eigenvalue weighted by atomic mass is 10.1. The monoisotopic (exact) mass is 449 g/mol. The minimum atomic E-state index is -3.75. The Morgan fingerprint density at radius 2 is 1.68 bits per heavy atom. The predicted octanol–water partition coefficient (Wildman–Crippen LogP) is 1.76. The summed E-state index contributed by atoms with van der Waals surface area (Å²) in [6.07, 6.45) is 0. The van der Waals surface area contributed by atoms with Crippen LogP contribution in [0, 0.1) is 0 Å². The average Bonchev–Trinajstić information content (AvgIpc) is 2.82. The molecule has 31 heavy (non-hydrogen) atoms. The van der Waals surface area contributed by atoms with Crippen LogP contribution in [0.3, 0.4) is 0 Å². The van der Waals surface area contributed by atoms with Gasteiger partial charge in [0.2, 0.25) is 10.0 Å². The molecular formula is C21H23NO8S. The fraction of sp³-hybridized carbons (Fsp3) is 0.333. The second kappa shape index (κ2) is 9.90. The van der Waals surface area contributed by atoms with Crippen LogP contribution in [-0.2, 0) is 19.5 Å². The molecule has 0 aliphatic carbocycles. The normalized spacial score (nSPS) is 14.6. The summed E-state index contributed by atoms with van der Waals surface area (Å²) in [6.45, 7) is 0.626. The Bertz CT molecular complexity index is 1060. The second-order valence-corrected chi connectivity index (χ2v) is 8.55. The zero-order valence-electron chi connectivity index (χ0n) is 17.2. The highest BCUT2D eigenvalue weighted by Crippen LogP contribution is 2.27. The van der Waals surface area contributed by atoms with Gasteiger partial charge in [-0.1, -0.05) is 6.07 Å². The van der Waals surface area contributed by atoms with E-state index in [2.05, 4.69) is 0 Å². The lowest BCUT2D eigenvalue weighted by Crippen LogP contribution is -2.40. The maximum atomic E-state index is 12.8. The van der Waals surface area contributed by atoms with Gasteiger partial charge in [0.15, 0.2) is 23.9 Å². The number of methoxy groups -OCH3 is 2. The van der Waals surface area contributed by atoms with E-state index in [9.17, 15) is 18.0 Å². The van der Waals surface area contributed by atoms with E-state index < -0.39 is 28.4 Å². The van der Waals surface area contributed by atoms with Crippen molar-refractivity contribution in [2.24, 2.45) is 0 Å². The third kappa shape index (κ3) is 5.22. The Balaban J connectivity index is 1.68. The zero-order chi connectivity index (χ0) is 22.4. The van der Waals surface area contributed by atoms with Crippen LogP contribution in [0.4, 0.5) is 0 Å². The maximum absolute atomic E-state index is 12.8. The summed E-state index contributed by atoms with van der Waals surface area (Å²) in [4.78, 5) is 24.8. The molecule has 0 bridgehead atoms. The topological polar surface area (TPSA) is 108 Å². The Labute approximate surface area is 180 Å². The van der Waals surface area contributed by atoms with E-state index in [0.29, 0.717) is 24.7 Å². The smallest absolute Gasteiger partial charge is 0.338 e. The molecule has 2 aromatic rings. The number of sulfonamides is 1. The van der Waals surface area contributed by atoms with Crippen molar-refractivity contribution < 1.29 is 37.0 Å². The maximum Gasteiger partial charge on any atom is 0.338 e. The molecule has 0 saturated carbocycles. The van der Waals surface area contributed by atoms with Crippen LogP contribution in [-0.4, -0.2) is 71.6 Å². The minimum Gasteiger partial charge on any atom is -0.493 e. The van der Waals surface area contributed by atoms with Crippen molar-refractivity contribution in [2.75, 3.05) is 47.1 Å². The van der Waals surface area contributed by atoms with Crippen molar-refractivity contribution in [3.8, 4) is 11.5 Å². The summed E-state index contributed by atoms with van der Waals surface area (Å²) >= 11 is 0. The van der Waals surface area contributed by atoms with Gasteiger partial charge < -0.3 is 18.9 Å². The highest BCUT2D eigenvalue weighted by molar-refractivity contribution is 7.89. The van der Waals surface area contributed by atoms with Crippen LogP contribution in [0.5, 0.6) is 11.5 Å². The van der Waals surface area contributed by atoms with Crippen molar-refractivity contribution >= 4 is 21.8 Å². The molecule has 1 heterocycles. The number of morpholine rings is 1. The van der Waals surface area contributed by atoms with Crippen LogP contribution in [0.15, 0.2) is 47.4 Å². The van der Waals surface area contributed by atoms with E-state index in [0.717, 1.165) is 0 Å². The third-order valence-electron chi connectivity index (χ3n) is 4.72. The van der Waals surface area contributed by atoms with Gasteiger partial charge in [0.25, 0.3) is 0 Å². The van der Waals surface area contributed by atoms with Gasteiger partial charge in [-0.15, -0.1) is 0 Å². The molecule has 0 radical (unpaired) electrons. The number of hydrogen-bond donors (Lipinski definition) is 0. The fourth-order valence-electron chi connectivity index (χ4n) is 3.03. The van der Waals surface area contributed by atoms with Crippen molar-refractivity contribution in [1.29, 1.82) is 0 Å². The van der Waals surface area contributed by atoms with Gasteiger partial charge in [-0.2, -0.15) is 4.31 Å². The van der Waals surface area contributed by atoms with Crippen LogP contribution in [0.25, 0.3) is 0 Å². The SMILES string of the molecule is COc1ccc(C(=O)COC(=O)c2cccc(S(=O)(=O)N3CCOCC3)c2)cc1OC. The first-order valence-corrected chi connectivity index (χ1v) is 10.9. The van der Waals surface area contributed by atoms with Gasteiger partial charge in [0.05, 0.1) is 37.9 Å².